The van der Waals surface area contributed by atoms with Crippen LogP contribution in [0.2, 0.25) is 0 Å². The average molecular weight is 746 g/mol. The number of carbonyl (C=O) groups is 1. The van der Waals surface area contributed by atoms with Crippen molar-refractivity contribution >= 4 is 13.8 Å². The monoisotopic (exact) mass is 746 g/mol. The summed E-state index contributed by atoms with van der Waals surface area (Å²) >= 11 is 0. The number of phosphoric ester groups is 1. The maximum Gasteiger partial charge on any atom is 0.305 e. The van der Waals surface area contributed by atoms with Gasteiger partial charge in [0.05, 0.1) is 34.0 Å². The maximum atomic E-state index is 12.4. The van der Waals surface area contributed by atoms with E-state index >= 15 is 0 Å². The molecule has 0 aromatic rings. The Morgan fingerprint density at radius 2 is 1.02 bits per heavy atom. The first-order valence-corrected chi connectivity index (χ1v) is 22.9. The highest BCUT2D eigenvalue weighted by molar-refractivity contribution is 7.45. The van der Waals surface area contributed by atoms with Gasteiger partial charge in [-0.05, 0) is 25.3 Å². The number of unbranched alkanes of at least 4 members (excludes halogenated alkanes) is 26. The minimum absolute atomic E-state index is 0.0308. The molecule has 8 nitrogen and oxygen atoms in total. The Morgan fingerprint density at radius 1 is 0.608 bits per heavy atom. The van der Waals surface area contributed by atoms with Crippen LogP contribution in [0.15, 0.2) is 12.3 Å². The molecule has 0 aromatic heterocycles. The Labute approximate surface area is 316 Å². The van der Waals surface area contributed by atoms with Gasteiger partial charge in [-0.1, -0.05) is 174 Å². The molecule has 2 unspecified atom stereocenters. The third kappa shape index (κ3) is 40.1. The van der Waals surface area contributed by atoms with Gasteiger partial charge in [-0.2, -0.15) is 0 Å². The third-order valence-corrected chi connectivity index (χ3v) is 10.4. The lowest BCUT2D eigenvalue weighted by Crippen LogP contribution is -2.37. The van der Waals surface area contributed by atoms with E-state index < -0.39 is 13.9 Å². The summed E-state index contributed by atoms with van der Waals surface area (Å²) in [4.78, 5) is 24.8. The summed E-state index contributed by atoms with van der Waals surface area (Å²) < 4.78 is 34.3. The van der Waals surface area contributed by atoms with Gasteiger partial charge in [0.25, 0.3) is 7.82 Å². The fraction of sp³-hybridized carbons (Fsp3) is 0.929. The van der Waals surface area contributed by atoms with E-state index in [9.17, 15) is 14.3 Å². The van der Waals surface area contributed by atoms with E-state index in [1.54, 1.807) is 6.26 Å². The zero-order chi connectivity index (χ0) is 37.7. The predicted octanol–water partition coefficient (Wildman–Crippen LogP) is 12.0. The Hall–Kier alpha value is -0.920. The van der Waals surface area contributed by atoms with Crippen LogP contribution in [0.1, 0.15) is 200 Å². The largest absolute Gasteiger partial charge is 0.756 e. The molecule has 0 N–H and O–H groups in total. The van der Waals surface area contributed by atoms with Crippen LogP contribution in [-0.2, 0) is 27.9 Å². The van der Waals surface area contributed by atoms with Crippen molar-refractivity contribution in [1.82, 2.24) is 0 Å². The van der Waals surface area contributed by atoms with Crippen molar-refractivity contribution in [2.45, 2.75) is 206 Å². The number of nitrogens with zero attached hydrogens (tertiary/aromatic N) is 1. The molecule has 0 fully saturated rings. The molecular formula is C42H84NO7P. The van der Waals surface area contributed by atoms with E-state index in [4.69, 9.17) is 18.5 Å². The number of phosphoric acid groups is 1. The first-order chi connectivity index (χ1) is 24.6. The van der Waals surface area contributed by atoms with E-state index in [-0.39, 0.29) is 25.8 Å². The van der Waals surface area contributed by atoms with Crippen molar-refractivity contribution in [3.8, 4) is 0 Å². The average Bonchev–Trinajstić information content (AvgIpc) is 3.08. The van der Waals surface area contributed by atoms with Crippen LogP contribution in [0.3, 0.4) is 0 Å². The Morgan fingerprint density at radius 3 is 1.45 bits per heavy atom. The van der Waals surface area contributed by atoms with Crippen LogP contribution in [0.25, 0.3) is 0 Å². The molecule has 304 valence electrons. The van der Waals surface area contributed by atoms with Crippen molar-refractivity contribution in [2.75, 3.05) is 47.5 Å². The number of esters is 1. The molecular weight excluding hydrogens is 661 g/mol. The number of carbonyl (C=O) groups excluding carboxylic acids is 1. The minimum atomic E-state index is -4.51. The lowest BCUT2D eigenvalue weighted by Gasteiger charge is -2.28. The number of hydrogen-bond acceptors (Lipinski definition) is 7. The number of hydrogen-bond donors (Lipinski definition) is 0. The zero-order valence-corrected chi connectivity index (χ0v) is 35.2. The van der Waals surface area contributed by atoms with E-state index in [1.165, 1.54) is 148 Å². The predicted molar refractivity (Wildman–Crippen MR) is 213 cm³/mol. The molecule has 0 aliphatic heterocycles. The first kappa shape index (κ1) is 50.1. The van der Waals surface area contributed by atoms with Gasteiger partial charge in [0.2, 0.25) is 0 Å². The summed E-state index contributed by atoms with van der Waals surface area (Å²) in [5.41, 5.74) is 0. The van der Waals surface area contributed by atoms with Crippen molar-refractivity contribution in [3.05, 3.63) is 12.3 Å². The topological polar surface area (TPSA) is 94.1 Å². The van der Waals surface area contributed by atoms with Gasteiger partial charge in [-0.3, -0.25) is 9.36 Å². The molecule has 9 heteroatoms. The van der Waals surface area contributed by atoms with Crippen molar-refractivity contribution in [2.24, 2.45) is 0 Å². The van der Waals surface area contributed by atoms with Crippen LogP contribution in [0.5, 0.6) is 0 Å². The van der Waals surface area contributed by atoms with Gasteiger partial charge in [0.1, 0.15) is 19.8 Å². The van der Waals surface area contributed by atoms with Crippen molar-refractivity contribution in [1.29, 1.82) is 0 Å². The lowest BCUT2D eigenvalue weighted by molar-refractivity contribution is -0.870. The smallest absolute Gasteiger partial charge is 0.305 e. The van der Waals surface area contributed by atoms with Crippen LogP contribution in [-0.4, -0.2) is 64.1 Å². The van der Waals surface area contributed by atoms with Gasteiger partial charge >= 0.3 is 5.97 Å². The van der Waals surface area contributed by atoms with Gasteiger partial charge in [0, 0.05) is 6.42 Å². The van der Waals surface area contributed by atoms with Gasteiger partial charge in [-0.15, -0.1) is 0 Å². The highest BCUT2D eigenvalue weighted by Crippen LogP contribution is 2.38. The molecule has 0 amide bonds. The van der Waals surface area contributed by atoms with Crippen LogP contribution in [0, 0.1) is 0 Å². The first-order valence-electron chi connectivity index (χ1n) is 21.5. The fourth-order valence-electron chi connectivity index (χ4n) is 6.00. The van der Waals surface area contributed by atoms with Crippen LogP contribution in [0.4, 0.5) is 0 Å². The molecule has 0 spiro atoms. The summed E-state index contributed by atoms with van der Waals surface area (Å²) in [7, 11) is 1.37. The second kappa shape index (κ2) is 36.1. The highest BCUT2D eigenvalue weighted by atomic mass is 31.2. The van der Waals surface area contributed by atoms with E-state index in [0.29, 0.717) is 17.4 Å². The number of likely N-dealkylation sites (N-methyl/N-ethyl adjacent to an activating group) is 1. The van der Waals surface area contributed by atoms with Gasteiger partial charge in [0.15, 0.2) is 6.10 Å². The molecule has 0 aliphatic rings. The van der Waals surface area contributed by atoms with Gasteiger partial charge in [-0.25, -0.2) is 0 Å². The Balaban J connectivity index is 4.27. The Kier molecular flexibility index (Phi) is 35.4. The minimum Gasteiger partial charge on any atom is -0.756 e. The summed E-state index contributed by atoms with van der Waals surface area (Å²) in [5.74, 6) is -0.289. The summed E-state index contributed by atoms with van der Waals surface area (Å²) in [6.07, 6.45) is 38.9. The molecule has 0 aromatic carbocycles. The van der Waals surface area contributed by atoms with Crippen molar-refractivity contribution in [3.63, 3.8) is 0 Å². The standard InChI is InChI=1S/C42H84NO7P/c1-6-8-10-12-14-16-18-20-21-22-24-26-28-30-32-34-37-47-41(40-50-51(45,46)49-38-36-43(3,4)5)39-48-42(44)35-33-31-29-27-25-23-19-17-15-13-11-9-7-2/h34,37,41H,6-33,35-36,38-40H2,1-5H3/b37-34-. The molecule has 51 heavy (non-hydrogen) atoms. The molecule has 0 aliphatic carbocycles. The zero-order valence-electron chi connectivity index (χ0n) is 34.3. The second-order valence-electron chi connectivity index (χ2n) is 15.8. The summed E-state index contributed by atoms with van der Waals surface area (Å²) in [6, 6.07) is 0. The highest BCUT2D eigenvalue weighted by Gasteiger charge is 2.19. The lowest BCUT2D eigenvalue weighted by atomic mass is 10.0. The normalized spacial score (nSPS) is 13.8. The quantitative estimate of drug-likeness (QED) is 0.0203. The number of ether oxygens (including phenoxy) is 2. The van der Waals surface area contributed by atoms with E-state index in [0.717, 1.165) is 32.1 Å². The Bertz CT molecular complexity index is 833. The molecule has 0 heterocycles. The second-order valence-corrected chi connectivity index (χ2v) is 17.2. The molecule has 0 rings (SSSR count). The molecule has 0 radical (unpaired) electrons. The molecule has 0 saturated heterocycles. The fourth-order valence-corrected chi connectivity index (χ4v) is 6.73. The van der Waals surface area contributed by atoms with Crippen LogP contribution >= 0.6 is 7.82 Å². The molecule has 2 atom stereocenters. The van der Waals surface area contributed by atoms with Gasteiger partial charge < -0.3 is 27.9 Å². The number of allylic oxidation sites excluding steroid dienone is 1. The number of rotatable bonds is 40. The molecule has 0 saturated carbocycles. The van der Waals surface area contributed by atoms with Crippen molar-refractivity contribution < 1.29 is 37.3 Å². The summed E-state index contributed by atoms with van der Waals surface area (Å²) in [5, 5.41) is 0. The number of quaternary nitrogens is 1. The van der Waals surface area contributed by atoms with E-state index in [1.807, 2.05) is 27.2 Å². The molecule has 0 bridgehead atoms. The maximum absolute atomic E-state index is 12.4. The summed E-state index contributed by atoms with van der Waals surface area (Å²) in [6.45, 7) is 4.73. The third-order valence-electron chi connectivity index (χ3n) is 9.44. The SMILES string of the molecule is CCCCCCCCCCCCCCCC/C=C\OC(COC(=O)CCCCCCCCCCCCCCC)COP(=O)([O-])OCC[N+](C)(C)C. The van der Waals surface area contributed by atoms with E-state index in [2.05, 4.69) is 13.8 Å². The van der Waals surface area contributed by atoms with Crippen LogP contribution < -0.4 is 4.89 Å².